The lowest BCUT2D eigenvalue weighted by molar-refractivity contribution is -0.136. The number of imide groups is 2. The van der Waals surface area contributed by atoms with E-state index in [0.29, 0.717) is 12.2 Å². The second kappa shape index (κ2) is 7.62. The molecule has 6 rings (SSSR count). The van der Waals surface area contributed by atoms with Crippen molar-refractivity contribution in [2.75, 3.05) is 37.6 Å². The molecule has 4 aliphatic heterocycles. The quantitative estimate of drug-likeness (QED) is 0.688. The molecule has 1 saturated carbocycles. The highest BCUT2D eigenvalue weighted by molar-refractivity contribution is 6.23. The molecule has 0 spiro atoms. The summed E-state index contributed by atoms with van der Waals surface area (Å²) >= 11 is 0. The fraction of sp³-hybridized carbons (Fsp3) is 0.583. The summed E-state index contributed by atoms with van der Waals surface area (Å²) in [6.45, 7) is 4.01. The number of carbonyl (C=O) groups is 4. The molecule has 1 aromatic carbocycles. The molecule has 3 saturated heterocycles. The average molecular weight is 455 g/mol. The largest absolute Gasteiger partial charge is 0.369 e. The summed E-state index contributed by atoms with van der Waals surface area (Å²) in [6.07, 6.45) is 1.36. The monoisotopic (exact) mass is 454 g/mol. The maximum Gasteiger partial charge on any atom is 0.262 e. The molecule has 5 atom stereocenters. The van der Waals surface area contributed by atoms with Gasteiger partial charge in [0, 0.05) is 50.7 Å². The number of anilines is 1. The van der Waals surface area contributed by atoms with Gasteiger partial charge in [0.1, 0.15) is 12.2 Å². The third kappa shape index (κ3) is 3.53. The summed E-state index contributed by atoms with van der Waals surface area (Å²) in [7, 11) is 0. The Balaban J connectivity index is 1.14. The van der Waals surface area contributed by atoms with Crippen molar-refractivity contribution in [1.29, 1.82) is 0 Å². The molecule has 8 nitrogen and oxygen atoms in total. The minimum Gasteiger partial charge on any atom is -0.369 e. The summed E-state index contributed by atoms with van der Waals surface area (Å²) < 4.78 is 15.1. The van der Waals surface area contributed by atoms with E-state index in [9.17, 15) is 19.2 Å². The highest BCUT2D eigenvalue weighted by Gasteiger charge is 2.47. The molecule has 9 heteroatoms. The third-order valence-corrected chi connectivity index (χ3v) is 8.01. The molecule has 4 fully saturated rings. The Bertz CT molecular complexity index is 1050. The first-order valence-electron chi connectivity index (χ1n) is 11.9. The predicted octanol–water partition coefficient (Wildman–Crippen LogP) is 1.20. The standard InChI is InChI=1S/C24H27FN4O4/c25-19-12-28(6-5-13(19)9-27-10-14-7-15(14)11-27)16-1-2-17-18(8-16)24(33)29(23(17)32)20-3-4-21(30)26-22(20)31/h1-2,8,13-15,19-20H,3-7,9-12H2,(H,26,30,31)/t13-,14?,15?,19?,20?/m1/s1. The first-order valence-corrected chi connectivity index (χ1v) is 11.9. The topological polar surface area (TPSA) is 90.0 Å². The van der Waals surface area contributed by atoms with Crippen molar-refractivity contribution in [2.45, 2.75) is 37.9 Å². The van der Waals surface area contributed by atoms with Crippen LogP contribution in [0.5, 0.6) is 0 Å². The molecule has 4 unspecified atom stereocenters. The van der Waals surface area contributed by atoms with Crippen LogP contribution in [0.1, 0.15) is 46.4 Å². The van der Waals surface area contributed by atoms with Gasteiger partial charge in [-0.25, -0.2) is 4.39 Å². The van der Waals surface area contributed by atoms with Crippen LogP contribution in [0.15, 0.2) is 18.2 Å². The Morgan fingerprint density at radius 1 is 0.970 bits per heavy atom. The van der Waals surface area contributed by atoms with Crippen LogP contribution in [0.3, 0.4) is 0 Å². The Morgan fingerprint density at radius 2 is 1.73 bits per heavy atom. The van der Waals surface area contributed by atoms with Gasteiger partial charge in [-0.1, -0.05) is 0 Å². The van der Waals surface area contributed by atoms with Gasteiger partial charge < -0.3 is 9.80 Å². The molecule has 0 aromatic heterocycles. The molecule has 0 bridgehead atoms. The van der Waals surface area contributed by atoms with Crippen LogP contribution in [0.2, 0.25) is 0 Å². The molecule has 0 radical (unpaired) electrons. The molecule has 5 aliphatic rings. The number of benzene rings is 1. The van der Waals surface area contributed by atoms with E-state index in [0.717, 1.165) is 42.8 Å². The van der Waals surface area contributed by atoms with Crippen molar-refractivity contribution >= 4 is 29.3 Å². The summed E-state index contributed by atoms with van der Waals surface area (Å²) in [6, 6.07) is 4.00. The molecule has 4 amide bonds. The number of nitrogens with zero attached hydrogens (tertiary/aromatic N) is 3. The number of amides is 4. The van der Waals surface area contributed by atoms with E-state index >= 15 is 4.39 Å². The number of likely N-dealkylation sites (tertiary alicyclic amines) is 1. The molecule has 1 aliphatic carbocycles. The van der Waals surface area contributed by atoms with Crippen molar-refractivity contribution in [3.05, 3.63) is 29.3 Å². The van der Waals surface area contributed by atoms with Crippen LogP contribution in [0.25, 0.3) is 0 Å². The van der Waals surface area contributed by atoms with Crippen molar-refractivity contribution < 1.29 is 23.6 Å². The Labute approximate surface area is 191 Å². The van der Waals surface area contributed by atoms with Gasteiger partial charge in [0.2, 0.25) is 11.8 Å². The molecule has 174 valence electrons. The maximum absolute atomic E-state index is 15.1. The predicted molar refractivity (Wildman–Crippen MR) is 116 cm³/mol. The van der Waals surface area contributed by atoms with E-state index < -0.39 is 35.8 Å². The van der Waals surface area contributed by atoms with Crippen molar-refractivity contribution in [3.63, 3.8) is 0 Å². The van der Waals surface area contributed by atoms with Gasteiger partial charge in [-0.3, -0.25) is 29.4 Å². The molecule has 1 N–H and O–H groups in total. The second-order valence-corrected chi connectivity index (χ2v) is 10.2. The minimum atomic E-state index is -0.985. The highest BCUT2D eigenvalue weighted by atomic mass is 19.1. The lowest BCUT2D eigenvalue weighted by atomic mass is 9.93. The fourth-order valence-corrected chi connectivity index (χ4v) is 6.03. The molecule has 1 aromatic rings. The zero-order chi connectivity index (χ0) is 22.9. The number of carbonyl (C=O) groups excluding carboxylic acids is 4. The van der Waals surface area contributed by atoms with E-state index in [4.69, 9.17) is 0 Å². The van der Waals surface area contributed by atoms with Gasteiger partial charge in [-0.2, -0.15) is 0 Å². The van der Waals surface area contributed by atoms with E-state index in [1.807, 2.05) is 4.90 Å². The minimum absolute atomic E-state index is 0.0272. The van der Waals surface area contributed by atoms with Crippen molar-refractivity contribution in [2.24, 2.45) is 17.8 Å². The van der Waals surface area contributed by atoms with Gasteiger partial charge in [0.15, 0.2) is 0 Å². The van der Waals surface area contributed by atoms with Crippen LogP contribution in [0.4, 0.5) is 10.1 Å². The molecular formula is C24H27FN4O4. The number of hydrogen-bond acceptors (Lipinski definition) is 6. The number of hydrogen-bond donors (Lipinski definition) is 1. The van der Waals surface area contributed by atoms with Crippen LogP contribution >= 0.6 is 0 Å². The van der Waals surface area contributed by atoms with Crippen molar-refractivity contribution in [1.82, 2.24) is 15.1 Å². The van der Waals surface area contributed by atoms with Gasteiger partial charge >= 0.3 is 0 Å². The molecular weight excluding hydrogens is 427 g/mol. The number of alkyl halides is 1. The maximum atomic E-state index is 15.1. The zero-order valence-corrected chi connectivity index (χ0v) is 18.3. The number of rotatable bonds is 4. The number of fused-ring (bicyclic) bond motifs is 2. The highest BCUT2D eigenvalue weighted by Crippen LogP contribution is 2.45. The lowest BCUT2D eigenvalue weighted by Crippen LogP contribution is -2.54. The van der Waals surface area contributed by atoms with E-state index in [1.165, 1.54) is 6.42 Å². The molecule has 4 heterocycles. The Kier molecular flexibility index (Phi) is 4.79. The Hall–Kier alpha value is -2.81. The van der Waals surface area contributed by atoms with Gasteiger partial charge in [-0.15, -0.1) is 0 Å². The summed E-state index contributed by atoms with van der Waals surface area (Å²) in [5, 5.41) is 2.20. The SMILES string of the molecule is O=C1CCC(N2C(=O)c3ccc(N4CC[C@H](CN5CC6CC6C5)C(F)C4)cc3C2=O)C(=O)N1. The van der Waals surface area contributed by atoms with Crippen LogP contribution in [-0.2, 0) is 9.59 Å². The second-order valence-electron chi connectivity index (χ2n) is 10.2. The summed E-state index contributed by atoms with van der Waals surface area (Å²) in [4.78, 5) is 54.9. The van der Waals surface area contributed by atoms with E-state index in [1.54, 1.807) is 18.2 Å². The number of nitrogens with one attached hydrogen (secondary N) is 1. The van der Waals surface area contributed by atoms with E-state index in [2.05, 4.69) is 10.2 Å². The lowest BCUT2D eigenvalue weighted by Gasteiger charge is -2.38. The Morgan fingerprint density at radius 3 is 2.45 bits per heavy atom. The third-order valence-electron chi connectivity index (χ3n) is 8.01. The first-order chi connectivity index (χ1) is 15.9. The summed E-state index contributed by atoms with van der Waals surface area (Å²) in [5.74, 6) is -0.379. The van der Waals surface area contributed by atoms with Crippen molar-refractivity contribution in [3.8, 4) is 0 Å². The zero-order valence-electron chi connectivity index (χ0n) is 18.3. The number of piperidine rings is 3. The van der Waals surface area contributed by atoms with Crippen LogP contribution in [-0.4, -0.2) is 78.4 Å². The van der Waals surface area contributed by atoms with Crippen LogP contribution < -0.4 is 10.2 Å². The van der Waals surface area contributed by atoms with E-state index in [-0.39, 0.29) is 36.4 Å². The fourth-order valence-electron chi connectivity index (χ4n) is 6.03. The smallest absolute Gasteiger partial charge is 0.262 e. The van der Waals surface area contributed by atoms with Crippen LogP contribution in [0, 0.1) is 17.8 Å². The van der Waals surface area contributed by atoms with Gasteiger partial charge in [0.25, 0.3) is 11.8 Å². The average Bonchev–Trinajstić information content (AvgIpc) is 3.32. The first kappa shape index (κ1) is 20.8. The summed E-state index contributed by atoms with van der Waals surface area (Å²) in [5.41, 5.74) is 1.19. The normalized spacial score (nSPS) is 33.9. The number of halogens is 1. The van der Waals surface area contributed by atoms with Gasteiger partial charge in [0.05, 0.1) is 11.1 Å². The van der Waals surface area contributed by atoms with Gasteiger partial charge in [-0.05, 0) is 49.3 Å². The molecule has 33 heavy (non-hydrogen) atoms.